The Morgan fingerprint density at radius 3 is 2.64 bits per heavy atom. The van der Waals surface area contributed by atoms with Gasteiger partial charge in [0.05, 0.1) is 13.0 Å². The molecule has 0 fully saturated rings. The minimum Gasteiger partial charge on any atom is -0.488 e. The molecule has 0 atom stereocenters. The SMILES string of the molecule is CCCOC1=C(F)CC(F)=CC=C1F. The summed E-state index contributed by atoms with van der Waals surface area (Å²) in [7, 11) is 0. The molecule has 14 heavy (non-hydrogen) atoms. The van der Waals surface area contributed by atoms with Crippen LogP contribution in [0.2, 0.25) is 0 Å². The molecule has 0 unspecified atom stereocenters. The molecule has 0 spiro atoms. The van der Waals surface area contributed by atoms with E-state index in [4.69, 9.17) is 4.74 Å². The molecule has 1 nitrogen and oxygen atoms in total. The molecular formula is C10H11F3O. The monoisotopic (exact) mass is 204 g/mol. The highest BCUT2D eigenvalue weighted by atomic mass is 19.1. The Hall–Kier alpha value is -1.19. The minimum absolute atomic E-state index is 0.214. The van der Waals surface area contributed by atoms with E-state index in [0.29, 0.717) is 6.42 Å². The average Bonchev–Trinajstić information content (AvgIpc) is 2.25. The molecule has 0 heterocycles. The van der Waals surface area contributed by atoms with E-state index < -0.39 is 29.7 Å². The summed E-state index contributed by atoms with van der Waals surface area (Å²) < 4.78 is 43.7. The molecule has 0 radical (unpaired) electrons. The highest BCUT2D eigenvalue weighted by Crippen LogP contribution is 2.27. The van der Waals surface area contributed by atoms with Crippen molar-refractivity contribution in [2.24, 2.45) is 0 Å². The van der Waals surface area contributed by atoms with E-state index in [0.717, 1.165) is 12.2 Å². The van der Waals surface area contributed by atoms with E-state index in [-0.39, 0.29) is 6.61 Å². The van der Waals surface area contributed by atoms with Crippen LogP contribution in [-0.4, -0.2) is 6.61 Å². The summed E-state index contributed by atoms with van der Waals surface area (Å²) >= 11 is 0. The van der Waals surface area contributed by atoms with E-state index in [1.807, 2.05) is 6.92 Å². The summed E-state index contributed by atoms with van der Waals surface area (Å²) in [6.07, 6.45) is 1.87. The number of hydrogen-bond donors (Lipinski definition) is 0. The first-order valence-corrected chi connectivity index (χ1v) is 4.38. The fourth-order valence-electron chi connectivity index (χ4n) is 1.01. The summed E-state index contributed by atoms with van der Waals surface area (Å²) in [6, 6.07) is 0. The quantitative estimate of drug-likeness (QED) is 0.681. The van der Waals surface area contributed by atoms with E-state index >= 15 is 0 Å². The van der Waals surface area contributed by atoms with Crippen LogP contribution in [0.4, 0.5) is 13.2 Å². The third kappa shape index (κ3) is 2.65. The van der Waals surface area contributed by atoms with Crippen molar-refractivity contribution in [3.05, 3.63) is 35.4 Å². The van der Waals surface area contributed by atoms with E-state index in [1.165, 1.54) is 0 Å². The van der Waals surface area contributed by atoms with Crippen LogP contribution in [0.15, 0.2) is 35.4 Å². The van der Waals surface area contributed by atoms with E-state index in [1.54, 1.807) is 0 Å². The zero-order chi connectivity index (χ0) is 10.6. The maximum Gasteiger partial charge on any atom is 0.186 e. The molecule has 1 rings (SSSR count). The maximum absolute atomic E-state index is 13.1. The van der Waals surface area contributed by atoms with Gasteiger partial charge < -0.3 is 4.74 Å². The molecule has 0 N–H and O–H groups in total. The van der Waals surface area contributed by atoms with Gasteiger partial charge in [0.15, 0.2) is 17.4 Å². The van der Waals surface area contributed by atoms with Crippen molar-refractivity contribution in [3.8, 4) is 0 Å². The molecule has 0 saturated carbocycles. The van der Waals surface area contributed by atoms with Crippen LogP contribution in [0.1, 0.15) is 19.8 Å². The molecule has 0 saturated heterocycles. The van der Waals surface area contributed by atoms with Crippen LogP contribution in [0.25, 0.3) is 0 Å². The zero-order valence-electron chi connectivity index (χ0n) is 7.82. The normalized spacial score (nSPS) is 17.4. The minimum atomic E-state index is -0.904. The first-order chi connectivity index (χ1) is 6.65. The van der Waals surface area contributed by atoms with Gasteiger partial charge in [-0.3, -0.25) is 0 Å². The van der Waals surface area contributed by atoms with Crippen molar-refractivity contribution in [3.63, 3.8) is 0 Å². The van der Waals surface area contributed by atoms with Gasteiger partial charge in [-0.1, -0.05) is 6.92 Å². The number of ether oxygens (including phenoxy) is 1. The second kappa shape index (κ2) is 4.88. The molecule has 0 amide bonds. The van der Waals surface area contributed by atoms with Crippen molar-refractivity contribution in [2.75, 3.05) is 6.61 Å². The lowest BCUT2D eigenvalue weighted by atomic mass is 10.3. The van der Waals surface area contributed by atoms with E-state index in [2.05, 4.69) is 0 Å². The number of hydrogen-bond acceptors (Lipinski definition) is 1. The zero-order valence-corrected chi connectivity index (χ0v) is 7.82. The molecule has 0 aromatic heterocycles. The van der Waals surface area contributed by atoms with Gasteiger partial charge in [-0.15, -0.1) is 0 Å². The predicted octanol–water partition coefficient (Wildman–Crippen LogP) is 3.70. The summed E-state index contributed by atoms with van der Waals surface area (Å²) in [5, 5.41) is 0. The molecule has 0 aliphatic heterocycles. The predicted molar refractivity (Wildman–Crippen MR) is 47.4 cm³/mol. The van der Waals surface area contributed by atoms with Gasteiger partial charge >= 0.3 is 0 Å². The lowest BCUT2D eigenvalue weighted by molar-refractivity contribution is 0.197. The van der Waals surface area contributed by atoms with Crippen LogP contribution in [-0.2, 0) is 4.74 Å². The average molecular weight is 204 g/mol. The first-order valence-electron chi connectivity index (χ1n) is 4.38. The number of halogens is 3. The Kier molecular flexibility index (Phi) is 3.80. The highest BCUT2D eigenvalue weighted by Gasteiger charge is 2.17. The van der Waals surface area contributed by atoms with Crippen molar-refractivity contribution < 1.29 is 17.9 Å². The van der Waals surface area contributed by atoms with Crippen LogP contribution in [0, 0.1) is 0 Å². The van der Waals surface area contributed by atoms with Gasteiger partial charge in [0.2, 0.25) is 0 Å². The molecule has 0 aromatic rings. The van der Waals surface area contributed by atoms with Crippen molar-refractivity contribution in [2.45, 2.75) is 19.8 Å². The number of rotatable bonds is 3. The lowest BCUT2D eigenvalue weighted by Crippen LogP contribution is -1.97. The Balaban J connectivity index is 2.84. The fourth-order valence-corrected chi connectivity index (χ4v) is 1.01. The lowest BCUT2D eigenvalue weighted by Gasteiger charge is -2.07. The van der Waals surface area contributed by atoms with Gasteiger partial charge in [0, 0.05) is 0 Å². The molecule has 1 aliphatic rings. The summed E-state index contributed by atoms with van der Waals surface area (Å²) in [4.78, 5) is 0. The van der Waals surface area contributed by atoms with Crippen LogP contribution >= 0.6 is 0 Å². The smallest absolute Gasteiger partial charge is 0.186 e. The van der Waals surface area contributed by atoms with Crippen LogP contribution in [0.3, 0.4) is 0 Å². The van der Waals surface area contributed by atoms with Gasteiger partial charge in [0.1, 0.15) is 5.83 Å². The Labute approximate surface area is 80.6 Å². The molecule has 1 aliphatic carbocycles. The second-order valence-electron chi connectivity index (χ2n) is 2.89. The largest absolute Gasteiger partial charge is 0.488 e. The third-order valence-corrected chi connectivity index (χ3v) is 1.65. The van der Waals surface area contributed by atoms with Crippen molar-refractivity contribution in [1.29, 1.82) is 0 Å². The third-order valence-electron chi connectivity index (χ3n) is 1.65. The fraction of sp³-hybridized carbons (Fsp3) is 0.400. The van der Waals surface area contributed by atoms with Gasteiger partial charge in [-0.2, -0.15) is 0 Å². The topological polar surface area (TPSA) is 9.23 Å². The van der Waals surface area contributed by atoms with Gasteiger partial charge in [0.25, 0.3) is 0 Å². The standard InChI is InChI=1S/C10H11F3O/c1-2-5-14-10-8(12)4-3-7(11)6-9(10)13/h3-4H,2,5-6H2,1H3. The summed E-state index contributed by atoms with van der Waals surface area (Å²) in [5.41, 5.74) is 0. The Bertz CT molecular complexity index is 302. The van der Waals surface area contributed by atoms with Crippen LogP contribution < -0.4 is 0 Å². The van der Waals surface area contributed by atoms with Gasteiger partial charge in [-0.05, 0) is 18.6 Å². The molecular weight excluding hydrogens is 193 g/mol. The van der Waals surface area contributed by atoms with Gasteiger partial charge in [-0.25, -0.2) is 13.2 Å². The first kappa shape index (κ1) is 10.9. The molecule has 0 aromatic carbocycles. The molecule has 4 heteroatoms. The number of allylic oxidation sites excluding steroid dienone is 5. The molecule has 0 bridgehead atoms. The summed E-state index contributed by atoms with van der Waals surface area (Å²) in [5.74, 6) is -2.97. The second-order valence-corrected chi connectivity index (χ2v) is 2.89. The van der Waals surface area contributed by atoms with E-state index in [9.17, 15) is 13.2 Å². The molecule has 78 valence electrons. The Morgan fingerprint density at radius 1 is 1.29 bits per heavy atom. The van der Waals surface area contributed by atoms with Crippen molar-refractivity contribution in [1.82, 2.24) is 0 Å². The highest BCUT2D eigenvalue weighted by molar-refractivity contribution is 5.32. The van der Waals surface area contributed by atoms with Crippen LogP contribution in [0.5, 0.6) is 0 Å². The summed E-state index contributed by atoms with van der Waals surface area (Å²) in [6.45, 7) is 2.03. The Morgan fingerprint density at radius 2 is 2.00 bits per heavy atom. The van der Waals surface area contributed by atoms with Crippen molar-refractivity contribution >= 4 is 0 Å². The maximum atomic E-state index is 13.1.